The van der Waals surface area contributed by atoms with Crippen LogP contribution in [0.15, 0.2) is 53.4 Å². The van der Waals surface area contributed by atoms with E-state index in [1.54, 1.807) is 11.8 Å². The minimum Gasteiger partial charge on any atom is -0.378 e. The van der Waals surface area contributed by atoms with E-state index in [2.05, 4.69) is 65.9 Å². The molecule has 38 heavy (non-hydrogen) atoms. The molecule has 2 fully saturated rings. The lowest BCUT2D eigenvalue weighted by Crippen LogP contribution is -2.41. The van der Waals surface area contributed by atoms with Gasteiger partial charge in [-0.15, -0.1) is 11.8 Å². The zero-order valence-electron chi connectivity index (χ0n) is 22.2. The number of hydrogen-bond donors (Lipinski definition) is 1. The van der Waals surface area contributed by atoms with Crippen LogP contribution in [0.5, 0.6) is 0 Å². The van der Waals surface area contributed by atoms with Gasteiger partial charge in [0.05, 0.1) is 30.3 Å². The van der Waals surface area contributed by atoms with Crippen LogP contribution in [0.2, 0.25) is 0 Å². The molecule has 0 unspecified atom stereocenters. The van der Waals surface area contributed by atoms with Crippen LogP contribution in [0, 0.1) is 6.92 Å². The molecule has 8 heteroatoms. The first-order valence-corrected chi connectivity index (χ1v) is 14.8. The van der Waals surface area contributed by atoms with Gasteiger partial charge in [0.2, 0.25) is 0 Å². The minimum atomic E-state index is -0.0578. The number of amides is 2. The van der Waals surface area contributed by atoms with Crippen molar-refractivity contribution < 1.29 is 9.53 Å². The van der Waals surface area contributed by atoms with Crippen molar-refractivity contribution in [3.63, 3.8) is 0 Å². The van der Waals surface area contributed by atoms with Gasteiger partial charge in [0.1, 0.15) is 5.82 Å². The van der Waals surface area contributed by atoms with Gasteiger partial charge in [0.25, 0.3) is 0 Å². The number of urea groups is 1. The summed E-state index contributed by atoms with van der Waals surface area (Å²) >= 11 is 1.72. The molecule has 0 radical (unpaired) electrons. The summed E-state index contributed by atoms with van der Waals surface area (Å²) in [5.74, 6) is 0.994. The van der Waals surface area contributed by atoms with Gasteiger partial charge in [0.15, 0.2) is 0 Å². The number of hydrogen-bond acceptors (Lipinski definition) is 6. The Bertz CT molecular complexity index is 1320. The van der Waals surface area contributed by atoms with E-state index >= 15 is 0 Å². The average molecular weight is 530 g/mol. The van der Waals surface area contributed by atoms with Crippen LogP contribution in [0.25, 0.3) is 11.3 Å². The van der Waals surface area contributed by atoms with Gasteiger partial charge in [-0.05, 0) is 68.0 Å². The van der Waals surface area contributed by atoms with Gasteiger partial charge in [-0.25, -0.2) is 14.8 Å². The van der Waals surface area contributed by atoms with Gasteiger partial charge in [-0.2, -0.15) is 0 Å². The fourth-order valence-corrected chi connectivity index (χ4v) is 6.51. The number of pyridine rings is 2. The molecule has 198 valence electrons. The number of carbonyl (C=O) groups excluding carboxylic acids is 1. The molecular weight excluding hydrogens is 494 g/mol. The first kappa shape index (κ1) is 25.2. The van der Waals surface area contributed by atoms with E-state index < -0.39 is 0 Å². The van der Waals surface area contributed by atoms with Gasteiger partial charge >= 0.3 is 6.03 Å². The number of rotatable bonds is 5. The van der Waals surface area contributed by atoms with Crippen LogP contribution in [0.1, 0.15) is 42.6 Å². The molecule has 0 atom stereocenters. The largest absolute Gasteiger partial charge is 0.378 e. The van der Waals surface area contributed by atoms with Gasteiger partial charge in [0, 0.05) is 47.7 Å². The first-order chi connectivity index (χ1) is 18.6. The lowest BCUT2D eigenvalue weighted by atomic mass is 9.84. The summed E-state index contributed by atoms with van der Waals surface area (Å²) in [7, 11) is 0. The number of nitrogens with one attached hydrogen (secondary N) is 1. The summed E-state index contributed by atoms with van der Waals surface area (Å²) in [5.41, 5.74) is 6.02. The zero-order valence-corrected chi connectivity index (χ0v) is 23.0. The van der Waals surface area contributed by atoms with Crippen molar-refractivity contribution in [3.8, 4) is 11.3 Å². The number of nitrogens with zero attached hydrogens (tertiary/aromatic N) is 4. The second-order valence-electron chi connectivity index (χ2n) is 10.5. The fourth-order valence-electron chi connectivity index (χ4n) is 6.10. The Labute approximate surface area is 229 Å². The van der Waals surface area contributed by atoms with Gasteiger partial charge < -0.3 is 15.0 Å². The second kappa shape index (κ2) is 10.6. The molecule has 6 rings (SSSR count). The number of morpholine rings is 1. The minimum absolute atomic E-state index is 0.0498. The molecule has 3 aromatic rings. The van der Waals surface area contributed by atoms with Crippen molar-refractivity contribution in [2.24, 2.45) is 0 Å². The molecule has 7 nitrogen and oxygen atoms in total. The molecule has 2 amide bonds. The Morgan fingerprint density at radius 1 is 1.03 bits per heavy atom. The normalized spacial score (nSPS) is 18.2. The number of anilines is 2. The number of fused-ring (bicyclic) bond motifs is 2. The van der Waals surface area contributed by atoms with Crippen molar-refractivity contribution in [3.05, 3.63) is 65.5 Å². The summed E-state index contributed by atoms with van der Waals surface area (Å²) < 4.78 is 5.49. The van der Waals surface area contributed by atoms with Crippen LogP contribution in [-0.2, 0) is 16.7 Å². The maximum atomic E-state index is 13.4. The van der Waals surface area contributed by atoms with Crippen LogP contribution in [0.3, 0.4) is 0 Å². The molecular formula is C30H35N5O2S. The molecule has 1 saturated heterocycles. The van der Waals surface area contributed by atoms with E-state index in [9.17, 15) is 4.79 Å². The maximum absolute atomic E-state index is 13.4. The predicted molar refractivity (Wildman–Crippen MR) is 153 cm³/mol. The topological polar surface area (TPSA) is 70.6 Å². The van der Waals surface area contributed by atoms with Gasteiger partial charge in [-0.1, -0.05) is 25.0 Å². The molecule has 1 spiro atoms. The Hall–Kier alpha value is -3.10. The molecule has 1 N–H and O–H groups in total. The SMILES string of the molecule is CSc1ccc(CNC(=O)N2CC3(CCCC3)c3nc(-c4ccc(N5CCOCC5)nc4C)ccc32)cc1. The third-order valence-corrected chi connectivity index (χ3v) is 8.96. The van der Waals surface area contributed by atoms with Crippen molar-refractivity contribution in [2.45, 2.75) is 49.5 Å². The molecule has 1 aliphatic carbocycles. The number of aryl methyl sites for hydroxylation is 1. The number of ether oxygens (including phenoxy) is 1. The molecule has 1 saturated carbocycles. The Morgan fingerprint density at radius 2 is 1.79 bits per heavy atom. The van der Waals surface area contributed by atoms with Crippen LogP contribution in [0.4, 0.5) is 16.3 Å². The predicted octanol–water partition coefficient (Wildman–Crippen LogP) is 5.55. The monoisotopic (exact) mass is 529 g/mol. The Kier molecular flexibility index (Phi) is 7.01. The first-order valence-electron chi connectivity index (χ1n) is 13.6. The molecule has 1 aromatic carbocycles. The highest BCUT2D eigenvalue weighted by Crippen LogP contribution is 2.50. The summed E-state index contributed by atoms with van der Waals surface area (Å²) in [4.78, 5) is 29.0. The maximum Gasteiger partial charge on any atom is 0.322 e. The highest BCUT2D eigenvalue weighted by molar-refractivity contribution is 7.98. The Balaban J connectivity index is 1.25. The van der Waals surface area contributed by atoms with Crippen molar-refractivity contribution in [1.29, 1.82) is 0 Å². The quantitative estimate of drug-likeness (QED) is 0.437. The van der Waals surface area contributed by atoms with E-state index in [4.69, 9.17) is 14.7 Å². The zero-order chi connectivity index (χ0) is 26.1. The van der Waals surface area contributed by atoms with E-state index in [0.717, 1.165) is 78.9 Å². The van der Waals surface area contributed by atoms with Crippen LogP contribution >= 0.6 is 11.8 Å². The van der Waals surface area contributed by atoms with E-state index in [1.807, 2.05) is 11.0 Å². The van der Waals surface area contributed by atoms with Crippen molar-refractivity contribution in [1.82, 2.24) is 15.3 Å². The molecule has 4 heterocycles. The standard InChI is InChI=1S/C30H35N5O2S/c1-21-24(9-12-27(32-21)34-15-17-37-18-16-34)25-10-11-26-28(33-25)30(13-3-4-14-30)20-35(26)29(36)31-19-22-5-7-23(38-2)8-6-22/h5-12H,3-4,13-20H2,1-2H3,(H,31,36). The number of aromatic nitrogens is 2. The molecule has 3 aliphatic rings. The lowest BCUT2D eigenvalue weighted by molar-refractivity contribution is 0.122. The average Bonchev–Trinajstić information content (AvgIpc) is 3.57. The number of thioether (sulfide) groups is 1. The van der Waals surface area contributed by atoms with E-state index in [0.29, 0.717) is 13.1 Å². The Morgan fingerprint density at radius 3 is 2.50 bits per heavy atom. The van der Waals surface area contributed by atoms with E-state index in [-0.39, 0.29) is 11.4 Å². The van der Waals surface area contributed by atoms with Gasteiger partial charge in [-0.3, -0.25) is 4.90 Å². The lowest BCUT2D eigenvalue weighted by Gasteiger charge is -2.28. The third-order valence-electron chi connectivity index (χ3n) is 8.22. The van der Waals surface area contributed by atoms with Crippen molar-refractivity contribution >= 4 is 29.3 Å². The van der Waals surface area contributed by atoms with Crippen molar-refractivity contribution in [2.75, 3.05) is 48.9 Å². The second-order valence-corrected chi connectivity index (χ2v) is 11.4. The third kappa shape index (κ3) is 4.76. The molecule has 0 bridgehead atoms. The summed E-state index contributed by atoms with van der Waals surface area (Å²) in [6.45, 7) is 6.49. The van der Waals surface area contributed by atoms with Crippen LogP contribution in [-0.4, -0.2) is 55.1 Å². The van der Waals surface area contributed by atoms with Crippen LogP contribution < -0.4 is 15.1 Å². The molecule has 2 aliphatic heterocycles. The summed E-state index contributed by atoms with van der Waals surface area (Å²) in [6, 6.07) is 16.7. The number of carbonyl (C=O) groups is 1. The fraction of sp³-hybridized carbons (Fsp3) is 0.433. The van der Waals surface area contributed by atoms with E-state index in [1.165, 1.54) is 17.7 Å². The smallest absolute Gasteiger partial charge is 0.322 e. The number of benzene rings is 1. The molecule has 2 aromatic heterocycles. The highest BCUT2D eigenvalue weighted by atomic mass is 32.2. The summed E-state index contributed by atoms with van der Waals surface area (Å²) in [6.07, 6.45) is 6.57. The highest BCUT2D eigenvalue weighted by Gasteiger charge is 2.47. The summed E-state index contributed by atoms with van der Waals surface area (Å²) in [5, 5.41) is 3.15.